The van der Waals surface area contributed by atoms with Gasteiger partial charge in [-0.1, -0.05) is 37.1 Å². The van der Waals surface area contributed by atoms with Gasteiger partial charge in [0.2, 0.25) is 5.91 Å². The van der Waals surface area contributed by atoms with E-state index >= 15 is 0 Å². The maximum absolute atomic E-state index is 13.1. The van der Waals surface area contributed by atoms with Crippen LogP contribution < -0.4 is 14.5 Å². The summed E-state index contributed by atoms with van der Waals surface area (Å²) in [5.74, 6) is -0.355. The van der Waals surface area contributed by atoms with Gasteiger partial charge in [0.1, 0.15) is 11.4 Å². The topological polar surface area (TPSA) is 86.8 Å². The van der Waals surface area contributed by atoms with Crippen LogP contribution in [0.25, 0.3) is 0 Å². The lowest BCUT2D eigenvalue weighted by atomic mass is 10.2. The number of benzene rings is 2. The SMILES string of the molecule is CCCCNC(=O)CN1C(=O)N(c2ccc(Cl)cc2)S(=O)(=O)c2ccccc21. The molecule has 1 heterocycles. The minimum absolute atomic E-state index is 0.0362. The molecule has 2 aromatic carbocycles. The molecule has 0 fully saturated rings. The highest BCUT2D eigenvalue weighted by atomic mass is 35.5. The third kappa shape index (κ3) is 3.83. The van der Waals surface area contributed by atoms with Crippen LogP contribution in [-0.2, 0) is 14.8 Å². The van der Waals surface area contributed by atoms with E-state index in [4.69, 9.17) is 11.6 Å². The molecule has 28 heavy (non-hydrogen) atoms. The second kappa shape index (κ2) is 8.20. The Morgan fingerprint density at radius 2 is 1.79 bits per heavy atom. The summed E-state index contributed by atoms with van der Waals surface area (Å²) < 4.78 is 26.9. The average Bonchev–Trinajstić information content (AvgIpc) is 2.67. The number of hydrogen-bond acceptors (Lipinski definition) is 4. The highest BCUT2D eigenvalue weighted by Gasteiger charge is 2.42. The van der Waals surface area contributed by atoms with Gasteiger partial charge < -0.3 is 5.32 Å². The molecule has 3 rings (SSSR count). The van der Waals surface area contributed by atoms with Crippen molar-refractivity contribution in [2.45, 2.75) is 24.7 Å². The number of carbonyl (C=O) groups excluding carboxylic acids is 2. The smallest absolute Gasteiger partial charge is 0.343 e. The van der Waals surface area contributed by atoms with E-state index < -0.39 is 16.1 Å². The Balaban J connectivity index is 2.01. The number of anilines is 2. The van der Waals surface area contributed by atoms with Crippen molar-refractivity contribution in [2.24, 2.45) is 0 Å². The molecule has 0 unspecified atom stereocenters. The zero-order chi connectivity index (χ0) is 20.3. The van der Waals surface area contributed by atoms with E-state index in [0.29, 0.717) is 15.9 Å². The van der Waals surface area contributed by atoms with Crippen LogP contribution >= 0.6 is 11.6 Å². The van der Waals surface area contributed by atoms with Gasteiger partial charge in [-0.3, -0.25) is 9.69 Å². The van der Waals surface area contributed by atoms with Crippen LogP contribution in [0.15, 0.2) is 53.4 Å². The van der Waals surface area contributed by atoms with E-state index in [-0.39, 0.29) is 28.7 Å². The molecule has 2 aromatic rings. The molecule has 148 valence electrons. The number of sulfonamides is 1. The maximum atomic E-state index is 13.1. The highest BCUT2D eigenvalue weighted by Crippen LogP contribution is 2.37. The van der Waals surface area contributed by atoms with Crippen LogP contribution in [0.4, 0.5) is 16.2 Å². The summed E-state index contributed by atoms with van der Waals surface area (Å²) in [5.41, 5.74) is 0.337. The number of nitrogens with one attached hydrogen (secondary N) is 1. The Morgan fingerprint density at radius 3 is 2.46 bits per heavy atom. The van der Waals surface area contributed by atoms with Crippen LogP contribution in [0.2, 0.25) is 5.02 Å². The van der Waals surface area contributed by atoms with Crippen molar-refractivity contribution in [1.82, 2.24) is 5.32 Å². The van der Waals surface area contributed by atoms with Gasteiger partial charge in [0.15, 0.2) is 0 Å². The Bertz CT molecular complexity index is 992. The van der Waals surface area contributed by atoms with Crippen molar-refractivity contribution in [3.05, 3.63) is 53.6 Å². The number of carbonyl (C=O) groups is 2. The van der Waals surface area contributed by atoms with E-state index in [2.05, 4.69) is 5.32 Å². The molecule has 0 aliphatic carbocycles. The number of nitrogens with zero attached hydrogens (tertiary/aromatic N) is 2. The minimum atomic E-state index is -4.12. The Labute approximate surface area is 168 Å². The zero-order valence-electron chi connectivity index (χ0n) is 15.3. The Hall–Kier alpha value is -2.58. The summed E-state index contributed by atoms with van der Waals surface area (Å²) in [5, 5.41) is 3.16. The van der Waals surface area contributed by atoms with Crippen molar-refractivity contribution >= 4 is 44.9 Å². The number of halogens is 1. The molecule has 0 bridgehead atoms. The first-order valence-corrected chi connectivity index (χ1v) is 10.7. The molecule has 1 N–H and O–H groups in total. The first-order chi connectivity index (χ1) is 13.4. The Morgan fingerprint density at radius 1 is 1.11 bits per heavy atom. The summed E-state index contributed by atoms with van der Waals surface area (Å²) in [4.78, 5) is 26.6. The van der Waals surface area contributed by atoms with Crippen molar-refractivity contribution in [2.75, 3.05) is 22.3 Å². The number of urea groups is 1. The molecule has 0 saturated heterocycles. The number of para-hydroxylation sites is 1. The number of unbranched alkanes of at least 4 members (excludes halogenated alkanes) is 1. The predicted octanol–water partition coefficient (Wildman–Crippen LogP) is 3.39. The number of rotatable bonds is 6. The normalized spacial score (nSPS) is 15.3. The number of amides is 3. The fraction of sp³-hybridized carbons (Fsp3) is 0.263. The highest BCUT2D eigenvalue weighted by molar-refractivity contribution is 7.94. The first-order valence-electron chi connectivity index (χ1n) is 8.84. The van der Waals surface area contributed by atoms with Crippen molar-refractivity contribution < 1.29 is 18.0 Å². The standard InChI is InChI=1S/C19H20ClN3O4S/c1-2-3-12-21-18(24)13-22-16-6-4-5-7-17(16)28(26,27)23(19(22)25)15-10-8-14(20)9-11-15/h4-11H,2-3,12-13H2,1H3,(H,21,24). The summed E-state index contributed by atoms with van der Waals surface area (Å²) in [7, 11) is -4.12. The third-order valence-corrected chi connectivity index (χ3v) is 6.30. The predicted molar refractivity (Wildman–Crippen MR) is 108 cm³/mol. The van der Waals surface area contributed by atoms with Gasteiger partial charge in [-0.25, -0.2) is 13.2 Å². The Kier molecular flexibility index (Phi) is 5.90. The lowest BCUT2D eigenvalue weighted by Crippen LogP contribution is -2.53. The molecule has 0 spiro atoms. The molecule has 1 aliphatic heterocycles. The van der Waals surface area contributed by atoms with Crippen LogP contribution in [0.5, 0.6) is 0 Å². The quantitative estimate of drug-likeness (QED) is 0.724. The second-order valence-corrected chi connectivity index (χ2v) is 8.48. The van der Waals surface area contributed by atoms with Crippen molar-refractivity contribution in [3.63, 3.8) is 0 Å². The van der Waals surface area contributed by atoms with Gasteiger partial charge >= 0.3 is 6.03 Å². The lowest BCUT2D eigenvalue weighted by molar-refractivity contribution is -0.119. The molecule has 0 radical (unpaired) electrons. The van der Waals surface area contributed by atoms with Gasteiger partial charge in [0.05, 0.1) is 11.4 Å². The molecule has 0 atom stereocenters. The largest absolute Gasteiger partial charge is 0.355 e. The molecule has 0 saturated carbocycles. The van der Waals surface area contributed by atoms with E-state index in [0.717, 1.165) is 12.8 Å². The fourth-order valence-corrected chi connectivity index (χ4v) is 4.61. The zero-order valence-corrected chi connectivity index (χ0v) is 16.8. The van der Waals surface area contributed by atoms with Crippen molar-refractivity contribution in [3.8, 4) is 0 Å². The van der Waals surface area contributed by atoms with Crippen LogP contribution in [0.1, 0.15) is 19.8 Å². The summed E-state index contributed by atoms with van der Waals surface area (Å²) >= 11 is 5.88. The summed E-state index contributed by atoms with van der Waals surface area (Å²) in [6, 6.07) is 11.2. The molecular weight excluding hydrogens is 402 g/mol. The third-order valence-electron chi connectivity index (χ3n) is 4.29. The van der Waals surface area contributed by atoms with Gasteiger partial charge in [-0.05, 0) is 42.8 Å². The average molecular weight is 422 g/mol. The van der Waals surface area contributed by atoms with Crippen LogP contribution in [-0.4, -0.2) is 33.4 Å². The number of hydrogen-bond donors (Lipinski definition) is 1. The van der Waals surface area contributed by atoms with Crippen LogP contribution in [0.3, 0.4) is 0 Å². The molecule has 0 aromatic heterocycles. The molecule has 1 aliphatic rings. The van der Waals surface area contributed by atoms with Gasteiger partial charge in [-0.15, -0.1) is 0 Å². The summed E-state index contributed by atoms with van der Waals surface area (Å²) in [6.45, 7) is 2.22. The van der Waals surface area contributed by atoms with Crippen LogP contribution in [0, 0.1) is 0 Å². The fourth-order valence-electron chi connectivity index (χ4n) is 2.89. The second-order valence-electron chi connectivity index (χ2n) is 6.29. The van der Waals surface area contributed by atoms with E-state index in [1.807, 2.05) is 6.92 Å². The molecule has 3 amide bonds. The molecular formula is C19H20ClN3O4S. The maximum Gasteiger partial charge on any atom is 0.343 e. The van der Waals surface area contributed by atoms with Gasteiger partial charge in [0, 0.05) is 11.6 Å². The van der Waals surface area contributed by atoms with E-state index in [1.54, 1.807) is 12.1 Å². The van der Waals surface area contributed by atoms with Gasteiger partial charge in [-0.2, -0.15) is 4.31 Å². The van der Waals surface area contributed by atoms with E-state index in [1.165, 1.54) is 41.3 Å². The lowest BCUT2D eigenvalue weighted by Gasteiger charge is -2.35. The van der Waals surface area contributed by atoms with E-state index in [9.17, 15) is 18.0 Å². The summed E-state index contributed by atoms with van der Waals surface area (Å²) in [6.07, 6.45) is 1.75. The van der Waals surface area contributed by atoms with Gasteiger partial charge in [0.25, 0.3) is 10.0 Å². The first kappa shape index (κ1) is 20.2. The van der Waals surface area contributed by atoms with Crippen molar-refractivity contribution in [1.29, 1.82) is 0 Å². The molecule has 7 nitrogen and oxygen atoms in total. The minimum Gasteiger partial charge on any atom is -0.355 e. The molecule has 9 heteroatoms. The monoisotopic (exact) mass is 421 g/mol. The number of fused-ring (bicyclic) bond motifs is 1.